The number of likely N-dealkylation sites (N-methyl/N-ethyl adjacent to an activating group) is 1. The molecule has 0 amide bonds. The van der Waals surface area contributed by atoms with Crippen LogP contribution in [0.4, 0.5) is 0 Å². The summed E-state index contributed by atoms with van der Waals surface area (Å²) in [6.07, 6.45) is 20.9. The third-order valence-corrected chi connectivity index (χ3v) is 6.71. The molecule has 1 heterocycles. The van der Waals surface area contributed by atoms with Gasteiger partial charge in [-0.05, 0) is 25.0 Å². The third-order valence-electron chi connectivity index (χ3n) is 6.71. The molecule has 0 bridgehead atoms. The summed E-state index contributed by atoms with van der Waals surface area (Å²) in [6.45, 7) is 7.73. The molecule has 0 aliphatic carbocycles. The number of hydrogen-bond acceptors (Lipinski definition) is 3. The molecule has 4 nitrogen and oxygen atoms in total. The second-order valence-corrected chi connectivity index (χ2v) is 9.88. The van der Waals surface area contributed by atoms with Gasteiger partial charge in [0, 0.05) is 6.07 Å². The summed E-state index contributed by atoms with van der Waals surface area (Å²) in [4.78, 5) is 0. The first-order chi connectivity index (χ1) is 16.8. The molecule has 2 rings (SSSR count). The Labute approximate surface area is 210 Å². The van der Waals surface area contributed by atoms with Gasteiger partial charge in [-0.3, -0.25) is 0 Å². The Morgan fingerprint density at radius 1 is 0.676 bits per heavy atom. The van der Waals surface area contributed by atoms with Crippen molar-refractivity contribution >= 4 is 5.90 Å². The lowest BCUT2D eigenvalue weighted by molar-refractivity contribution is -0.486. The van der Waals surface area contributed by atoms with Crippen molar-refractivity contribution in [2.75, 3.05) is 33.4 Å². The van der Waals surface area contributed by atoms with Crippen LogP contribution in [0.3, 0.4) is 0 Å². The zero-order valence-electron chi connectivity index (χ0n) is 22.5. The average molecular weight is 475 g/mol. The average Bonchev–Trinajstić information content (AvgIpc) is 3.28. The van der Waals surface area contributed by atoms with Crippen molar-refractivity contribution in [3.05, 3.63) is 23.8 Å². The van der Waals surface area contributed by atoms with E-state index in [1.54, 1.807) is 0 Å². The van der Waals surface area contributed by atoms with Gasteiger partial charge in [-0.2, -0.15) is 4.58 Å². The molecular weight excluding hydrogens is 422 g/mol. The number of hydrogen-bond donors (Lipinski definition) is 0. The second kappa shape index (κ2) is 18.6. The maximum atomic E-state index is 6.24. The summed E-state index contributed by atoms with van der Waals surface area (Å²) in [5, 5.41) is 0. The minimum Gasteiger partial charge on any atom is -0.490 e. The molecule has 194 valence electrons. The van der Waals surface area contributed by atoms with E-state index in [-0.39, 0.29) is 0 Å². The number of rotatable bonds is 21. The molecule has 0 atom stereocenters. The Morgan fingerprint density at radius 3 is 1.68 bits per heavy atom. The van der Waals surface area contributed by atoms with Crippen LogP contribution in [0.5, 0.6) is 11.5 Å². The Balaban J connectivity index is 1.77. The van der Waals surface area contributed by atoms with Crippen LogP contribution in [0.1, 0.15) is 122 Å². The van der Waals surface area contributed by atoms with Crippen molar-refractivity contribution < 1.29 is 18.8 Å². The summed E-state index contributed by atoms with van der Waals surface area (Å²) in [6, 6.07) is 6.26. The van der Waals surface area contributed by atoms with Gasteiger partial charge in [-0.25, -0.2) is 0 Å². The molecule has 0 saturated heterocycles. The van der Waals surface area contributed by atoms with E-state index in [1.165, 1.54) is 89.9 Å². The van der Waals surface area contributed by atoms with Crippen molar-refractivity contribution in [3.8, 4) is 11.5 Å². The highest BCUT2D eigenvalue weighted by molar-refractivity contribution is 5.91. The van der Waals surface area contributed by atoms with Gasteiger partial charge in [0.05, 0.1) is 18.8 Å². The molecule has 1 aromatic rings. The lowest BCUT2D eigenvalue weighted by atomic mass is 10.1. The fraction of sp³-hybridized carbons (Fsp3) is 0.767. The molecule has 1 aliphatic heterocycles. The summed E-state index contributed by atoms with van der Waals surface area (Å²) in [7, 11) is 2.08. The van der Waals surface area contributed by atoms with Crippen molar-refractivity contribution in [2.45, 2.75) is 117 Å². The molecule has 1 aromatic carbocycles. The molecule has 0 aromatic heterocycles. The zero-order chi connectivity index (χ0) is 24.3. The summed E-state index contributed by atoms with van der Waals surface area (Å²) in [5.41, 5.74) is 1.07. The Bertz CT molecular complexity index is 686. The molecule has 0 unspecified atom stereocenters. The van der Waals surface area contributed by atoms with Crippen molar-refractivity contribution in [2.24, 2.45) is 0 Å². The highest BCUT2D eigenvalue weighted by Gasteiger charge is 2.24. The van der Waals surface area contributed by atoms with Crippen molar-refractivity contribution in [1.82, 2.24) is 0 Å². The molecule has 0 radical (unpaired) electrons. The highest BCUT2D eigenvalue weighted by atomic mass is 16.5. The minimum atomic E-state index is 0.747. The van der Waals surface area contributed by atoms with Crippen LogP contribution in [-0.4, -0.2) is 43.9 Å². The van der Waals surface area contributed by atoms with Crippen LogP contribution >= 0.6 is 0 Å². The van der Waals surface area contributed by atoms with Crippen LogP contribution in [0, 0.1) is 0 Å². The first-order valence-electron chi connectivity index (χ1n) is 14.4. The van der Waals surface area contributed by atoms with Gasteiger partial charge < -0.3 is 14.2 Å². The van der Waals surface area contributed by atoms with E-state index in [0.29, 0.717) is 0 Å². The monoisotopic (exact) mass is 474 g/mol. The van der Waals surface area contributed by atoms with E-state index in [1.807, 2.05) is 0 Å². The van der Waals surface area contributed by atoms with Gasteiger partial charge in [0.15, 0.2) is 24.7 Å². The molecule has 34 heavy (non-hydrogen) atoms. The highest BCUT2D eigenvalue weighted by Crippen LogP contribution is 2.30. The number of ether oxygens (including phenoxy) is 3. The van der Waals surface area contributed by atoms with E-state index in [9.17, 15) is 0 Å². The van der Waals surface area contributed by atoms with Crippen LogP contribution in [0.25, 0.3) is 0 Å². The topological polar surface area (TPSA) is 30.7 Å². The maximum Gasteiger partial charge on any atom is 0.370 e. The molecule has 0 N–H and O–H groups in total. The van der Waals surface area contributed by atoms with Crippen molar-refractivity contribution in [3.63, 3.8) is 0 Å². The SMILES string of the molecule is CCCCCCCCCCOc1ccc(C2=[N+](C)CCO2)cc1OCCCCCCCCCC. The smallest absolute Gasteiger partial charge is 0.370 e. The minimum absolute atomic E-state index is 0.747. The van der Waals surface area contributed by atoms with E-state index in [2.05, 4.69) is 43.7 Å². The van der Waals surface area contributed by atoms with Crippen LogP contribution in [-0.2, 0) is 4.74 Å². The lowest BCUT2D eigenvalue weighted by Crippen LogP contribution is -2.12. The third kappa shape index (κ3) is 11.6. The van der Waals surface area contributed by atoms with E-state index >= 15 is 0 Å². The summed E-state index contributed by atoms with van der Waals surface area (Å²) in [5.74, 6) is 2.66. The molecule has 0 fully saturated rings. The van der Waals surface area contributed by atoms with Gasteiger partial charge in [0.2, 0.25) is 0 Å². The predicted octanol–water partition coefficient (Wildman–Crippen LogP) is 8.14. The molecule has 1 aliphatic rings. The second-order valence-electron chi connectivity index (χ2n) is 9.88. The fourth-order valence-electron chi connectivity index (χ4n) is 4.50. The summed E-state index contributed by atoms with van der Waals surface area (Å²) < 4.78 is 20.4. The Kier molecular flexibility index (Phi) is 15.6. The van der Waals surface area contributed by atoms with E-state index in [4.69, 9.17) is 14.2 Å². The summed E-state index contributed by atoms with van der Waals surface area (Å²) >= 11 is 0. The van der Waals surface area contributed by atoms with Crippen LogP contribution < -0.4 is 9.47 Å². The standard InChI is InChI=1S/C30H52NO3/c1-4-6-8-10-12-14-16-18-23-32-28-21-20-27(30-31(3)22-25-34-30)26-29(28)33-24-19-17-15-13-11-9-7-5-2/h20-21,26H,4-19,22-25H2,1-3H3/q+1. The molecule has 4 heteroatoms. The Morgan fingerprint density at radius 2 is 1.18 bits per heavy atom. The van der Waals surface area contributed by atoms with E-state index < -0.39 is 0 Å². The number of benzene rings is 1. The van der Waals surface area contributed by atoms with Gasteiger partial charge in [0.1, 0.15) is 7.05 Å². The van der Waals surface area contributed by atoms with Crippen molar-refractivity contribution in [1.29, 1.82) is 0 Å². The van der Waals surface area contributed by atoms with Gasteiger partial charge in [0.25, 0.3) is 0 Å². The first-order valence-corrected chi connectivity index (χ1v) is 14.4. The quantitative estimate of drug-likeness (QED) is 0.133. The first kappa shape index (κ1) is 28.5. The van der Waals surface area contributed by atoms with Crippen LogP contribution in [0.15, 0.2) is 18.2 Å². The van der Waals surface area contributed by atoms with Crippen LogP contribution in [0.2, 0.25) is 0 Å². The van der Waals surface area contributed by atoms with Gasteiger partial charge in [-0.1, -0.05) is 104 Å². The molecular formula is C30H52NO3+. The zero-order valence-corrected chi connectivity index (χ0v) is 22.5. The van der Waals surface area contributed by atoms with E-state index in [0.717, 1.165) is 62.2 Å². The number of unbranched alkanes of at least 4 members (excludes halogenated alkanes) is 14. The Hall–Kier alpha value is -1.71. The number of nitrogens with zero attached hydrogens (tertiary/aromatic N) is 1. The largest absolute Gasteiger partial charge is 0.490 e. The predicted molar refractivity (Wildman–Crippen MR) is 144 cm³/mol. The molecule has 0 saturated carbocycles. The van der Waals surface area contributed by atoms with Gasteiger partial charge >= 0.3 is 5.90 Å². The maximum absolute atomic E-state index is 6.24. The lowest BCUT2D eigenvalue weighted by Gasteiger charge is -2.14. The van der Waals surface area contributed by atoms with Gasteiger partial charge in [-0.15, -0.1) is 0 Å². The fourth-order valence-corrected chi connectivity index (χ4v) is 4.50. The normalized spacial score (nSPS) is 13.4. The molecule has 0 spiro atoms.